The molecule has 0 radical (unpaired) electrons. The normalized spacial score (nSPS) is 36.8. The van der Waals surface area contributed by atoms with Gasteiger partial charge in [-0.2, -0.15) is 0 Å². The van der Waals surface area contributed by atoms with Crippen molar-refractivity contribution >= 4 is 0 Å². The molecule has 3 heteroatoms. The molecule has 3 unspecified atom stereocenters. The standard InChI is InChI=1S/C9H18O3/c1-4-5-10-9-6-7(2)11-8(3)12-9/h7-9H,4-6H2,1-3H3. The number of hydrogen-bond acceptors (Lipinski definition) is 3. The van der Waals surface area contributed by atoms with Crippen LogP contribution in [-0.4, -0.2) is 25.3 Å². The Morgan fingerprint density at radius 1 is 1.33 bits per heavy atom. The molecular weight excluding hydrogens is 156 g/mol. The van der Waals surface area contributed by atoms with E-state index in [9.17, 15) is 0 Å². The maximum atomic E-state index is 5.47. The van der Waals surface area contributed by atoms with Gasteiger partial charge in [-0.3, -0.25) is 0 Å². The lowest BCUT2D eigenvalue weighted by Gasteiger charge is -2.32. The quantitative estimate of drug-likeness (QED) is 0.654. The average Bonchev–Trinajstić information content (AvgIpc) is 1.99. The van der Waals surface area contributed by atoms with E-state index in [0.717, 1.165) is 19.4 Å². The summed E-state index contributed by atoms with van der Waals surface area (Å²) in [6.07, 6.45) is 1.92. The second-order valence-electron chi connectivity index (χ2n) is 3.19. The molecule has 0 bridgehead atoms. The van der Waals surface area contributed by atoms with Crippen molar-refractivity contribution in [3.63, 3.8) is 0 Å². The lowest BCUT2D eigenvalue weighted by molar-refractivity contribution is -0.296. The van der Waals surface area contributed by atoms with Crippen LogP contribution in [-0.2, 0) is 14.2 Å². The number of rotatable bonds is 3. The molecule has 3 atom stereocenters. The van der Waals surface area contributed by atoms with Crippen LogP contribution in [0.5, 0.6) is 0 Å². The van der Waals surface area contributed by atoms with Gasteiger partial charge in [-0.25, -0.2) is 0 Å². The third-order valence-corrected chi connectivity index (χ3v) is 1.80. The molecule has 1 fully saturated rings. The highest BCUT2D eigenvalue weighted by molar-refractivity contribution is 4.60. The summed E-state index contributed by atoms with van der Waals surface area (Å²) < 4.78 is 16.3. The van der Waals surface area contributed by atoms with Crippen LogP contribution in [0.15, 0.2) is 0 Å². The molecule has 72 valence electrons. The van der Waals surface area contributed by atoms with E-state index in [1.807, 2.05) is 13.8 Å². The number of ether oxygens (including phenoxy) is 3. The van der Waals surface area contributed by atoms with Crippen LogP contribution >= 0.6 is 0 Å². The highest BCUT2D eigenvalue weighted by Gasteiger charge is 2.24. The van der Waals surface area contributed by atoms with Crippen LogP contribution in [0.4, 0.5) is 0 Å². The zero-order valence-corrected chi connectivity index (χ0v) is 8.08. The smallest absolute Gasteiger partial charge is 0.163 e. The predicted molar refractivity (Wildman–Crippen MR) is 45.7 cm³/mol. The van der Waals surface area contributed by atoms with Crippen molar-refractivity contribution < 1.29 is 14.2 Å². The fourth-order valence-electron chi connectivity index (χ4n) is 1.31. The molecule has 1 aliphatic heterocycles. The van der Waals surface area contributed by atoms with E-state index in [1.54, 1.807) is 0 Å². The molecule has 1 rings (SSSR count). The van der Waals surface area contributed by atoms with Gasteiger partial charge in [0.1, 0.15) is 0 Å². The van der Waals surface area contributed by atoms with Crippen LogP contribution in [0.1, 0.15) is 33.6 Å². The summed E-state index contributed by atoms with van der Waals surface area (Å²) in [6.45, 7) is 6.80. The molecule has 0 amide bonds. The molecule has 1 saturated heterocycles. The van der Waals surface area contributed by atoms with Gasteiger partial charge in [-0.1, -0.05) is 6.92 Å². The summed E-state index contributed by atoms with van der Waals surface area (Å²) in [5.74, 6) is 0. The van der Waals surface area contributed by atoms with Crippen molar-refractivity contribution in [2.75, 3.05) is 6.61 Å². The second kappa shape index (κ2) is 4.80. The Balaban J connectivity index is 2.24. The van der Waals surface area contributed by atoms with E-state index in [2.05, 4.69) is 6.92 Å². The molecule has 0 N–H and O–H groups in total. The van der Waals surface area contributed by atoms with Gasteiger partial charge < -0.3 is 14.2 Å². The van der Waals surface area contributed by atoms with Gasteiger partial charge in [0.25, 0.3) is 0 Å². The van der Waals surface area contributed by atoms with Crippen LogP contribution in [0, 0.1) is 0 Å². The maximum absolute atomic E-state index is 5.47. The van der Waals surface area contributed by atoms with Gasteiger partial charge in [-0.05, 0) is 20.3 Å². The molecule has 1 aliphatic rings. The first-order valence-electron chi connectivity index (χ1n) is 4.65. The second-order valence-corrected chi connectivity index (χ2v) is 3.19. The van der Waals surface area contributed by atoms with Crippen LogP contribution in [0.2, 0.25) is 0 Å². The molecule has 1 heterocycles. The van der Waals surface area contributed by atoms with Crippen molar-refractivity contribution in [3.05, 3.63) is 0 Å². The summed E-state index contributed by atoms with van der Waals surface area (Å²) in [5, 5.41) is 0. The monoisotopic (exact) mass is 174 g/mol. The maximum Gasteiger partial charge on any atom is 0.163 e. The highest BCUT2D eigenvalue weighted by Crippen LogP contribution is 2.18. The van der Waals surface area contributed by atoms with Crippen molar-refractivity contribution in [2.24, 2.45) is 0 Å². The van der Waals surface area contributed by atoms with E-state index in [-0.39, 0.29) is 18.7 Å². The summed E-state index contributed by atoms with van der Waals surface area (Å²) in [5.41, 5.74) is 0. The van der Waals surface area contributed by atoms with E-state index >= 15 is 0 Å². The third-order valence-electron chi connectivity index (χ3n) is 1.80. The molecular formula is C9H18O3. The molecule has 0 aromatic rings. The summed E-state index contributed by atoms with van der Waals surface area (Å²) in [7, 11) is 0. The SMILES string of the molecule is CCCOC1CC(C)OC(C)O1. The average molecular weight is 174 g/mol. The van der Waals surface area contributed by atoms with E-state index in [0.29, 0.717) is 0 Å². The highest BCUT2D eigenvalue weighted by atomic mass is 16.8. The molecule has 12 heavy (non-hydrogen) atoms. The first kappa shape index (κ1) is 9.96. The van der Waals surface area contributed by atoms with Crippen LogP contribution in [0.3, 0.4) is 0 Å². The van der Waals surface area contributed by atoms with Crippen molar-refractivity contribution in [1.29, 1.82) is 0 Å². The first-order chi connectivity index (χ1) is 5.72. The Labute approximate surface area is 74.0 Å². The van der Waals surface area contributed by atoms with E-state index in [4.69, 9.17) is 14.2 Å². The van der Waals surface area contributed by atoms with E-state index < -0.39 is 0 Å². The molecule has 0 aliphatic carbocycles. The zero-order chi connectivity index (χ0) is 8.97. The Kier molecular flexibility index (Phi) is 3.98. The third kappa shape index (κ3) is 3.09. The van der Waals surface area contributed by atoms with E-state index in [1.165, 1.54) is 0 Å². The lowest BCUT2D eigenvalue weighted by atomic mass is 10.2. The minimum Gasteiger partial charge on any atom is -0.352 e. The van der Waals surface area contributed by atoms with Gasteiger partial charge in [0, 0.05) is 13.0 Å². The van der Waals surface area contributed by atoms with Crippen LogP contribution in [0.25, 0.3) is 0 Å². The Morgan fingerprint density at radius 2 is 2.08 bits per heavy atom. The Bertz CT molecular complexity index is 117. The fraction of sp³-hybridized carbons (Fsp3) is 1.00. The zero-order valence-electron chi connectivity index (χ0n) is 8.08. The van der Waals surface area contributed by atoms with Crippen molar-refractivity contribution in [2.45, 2.75) is 52.3 Å². The summed E-state index contributed by atoms with van der Waals surface area (Å²) in [6, 6.07) is 0. The van der Waals surface area contributed by atoms with Gasteiger partial charge in [-0.15, -0.1) is 0 Å². The summed E-state index contributed by atoms with van der Waals surface area (Å²) in [4.78, 5) is 0. The Morgan fingerprint density at radius 3 is 2.67 bits per heavy atom. The lowest BCUT2D eigenvalue weighted by Crippen LogP contribution is -2.36. The Hall–Kier alpha value is -0.120. The fourth-order valence-corrected chi connectivity index (χ4v) is 1.31. The van der Waals surface area contributed by atoms with Crippen LogP contribution < -0.4 is 0 Å². The molecule has 0 saturated carbocycles. The van der Waals surface area contributed by atoms with Gasteiger partial charge in [0.05, 0.1) is 6.10 Å². The van der Waals surface area contributed by atoms with Gasteiger partial charge in [0.15, 0.2) is 12.6 Å². The topological polar surface area (TPSA) is 27.7 Å². The minimum absolute atomic E-state index is 0.0660. The molecule has 3 nitrogen and oxygen atoms in total. The van der Waals surface area contributed by atoms with Crippen molar-refractivity contribution in [1.82, 2.24) is 0 Å². The van der Waals surface area contributed by atoms with Gasteiger partial charge in [0.2, 0.25) is 0 Å². The minimum atomic E-state index is -0.129. The van der Waals surface area contributed by atoms with Crippen molar-refractivity contribution in [3.8, 4) is 0 Å². The van der Waals surface area contributed by atoms with Gasteiger partial charge >= 0.3 is 0 Å². The number of hydrogen-bond donors (Lipinski definition) is 0. The molecule has 0 aromatic heterocycles. The molecule has 0 spiro atoms. The first-order valence-corrected chi connectivity index (χ1v) is 4.65. The predicted octanol–water partition coefficient (Wildman–Crippen LogP) is 1.91. The summed E-state index contributed by atoms with van der Waals surface area (Å²) >= 11 is 0. The largest absolute Gasteiger partial charge is 0.352 e. The molecule has 0 aromatic carbocycles.